The van der Waals surface area contributed by atoms with Crippen molar-refractivity contribution < 1.29 is 17.8 Å². The Balaban J connectivity index is 2.94. The van der Waals surface area contributed by atoms with E-state index < -0.39 is 15.4 Å². The molecule has 0 aliphatic rings. The zero-order chi connectivity index (χ0) is 15.2. The molecule has 2 unspecified atom stereocenters. The van der Waals surface area contributed by atoms with Crippen LogP contribution in [0.5, 0.6) is 0 Å². The van der Waals surface area contributed by atoms with Crippen LogP contribution in [-0.4, -0.2) is 24.0 Å². The van der Waals surface area contributed by atoms with Crippen LogP contribution in [0.1, 0.15) is 49.9 Å². The van der Waals surface area contributed by atoms with Gasteiger partial charge in [0.25, 0.3) is 10.1 Å². The maximum Gasteiger partial charge on any atom is 0.268 e. The molecule has 0 heterocycles. The minimum absolute atomic E-state index is 0.165. The van der Waals surface area contributed by atoms with Crippen molar-refractivity contribution in [2.75, 3.05) is 0 Å². The molecular weight excluding hydrogens is 276 g/mol. The third-order valence-electron chi connectivity index (χ3n) is 3.57. The van der Waals surface area contributed by atoms with Crippen LogP contribution in [0.25, 0.3) is 0 Å². The summed E-state index contributed by atoms with van der Waals surface area (Å²) >= 11 is 0. The molecule has 112 valence electrons. The maximum atomic E-state index is 12.2. The first-order chi connectivity index (χ1) is 9.40. The van der Waals surface area contributed by atoms with Crippen LogP contribution < -0.4 is 0 Å². The van der Waals surface area contributed by atoms with Gasteiger partial charge in [0, 0.05) is 12.0 Å². The van der Waals surface area contributed by atoms with Crippen LogP contribution >= 0.6 is 0 Å². The highest BCUT2D eigenvalue weighted by molar-refractivity contribution is 7.86. The SMILES string of the molecule is CCCC(CC)C(CC(=O)c1ccccc1)S(=O)(=O)O. The zero-order valence-electron chi connectivity index (χ0n) is 12.0. The molecule has 0 spiro atoms. The van der Waals surface area contributed by atoms with Gasteiger partial charge in [-0.3, -0.25) is 9.35 Å². The van der Waals surface area contributed by atoms with Gasteiger partial charge in [-0.1, -0.05) is 57.0 Å². The Morgan fingerprint density at radius 2 is 1.80 bits per heavy atom. The van der Waals surface area contributed by atoms with E-state index in [0.29, 0.717) is 18.4 Å². The highest BCUT2D eigenvalue weighted by Gasteiger charge is 2.32. The zero-order valence-corrected chi connectivity index (χ0v) is 12.8. The van der Waals surface area contributed by atoms with Gasteiger partial charge in [-0.25, -0.2) is 0 Å². The maximum absolute atomic E-state index is 12.2. The lowest BCUT2D eigenvalue weighted by Gasteiger charge is -2.22. The number of Topliss-reactive ketones (excluding diaryl/α,β-unsaturated/α-hetero) is 1. The smallest absolute Gasteiger partial charge is 0.268 e. The number of ketones is 1. The number of benzene rings is 1. The second kappa shape index (κ2) is 7.55. The van der Waals surface area contributed by atoms with Gasteiger partial charge in [0.05, 0.1) is 5.25 Å². The van der Waals surface area contributed by atoms with E-state index in [0.717, 1.165) is 6.42 Å². The quantitative estimate of drug-likeness (QED) is 0.590. The predicted octanol–water partition coefficient (Wildman–Crippen LogP) is 3.34. The van der Waals surface area contributed by atoms with Crippen molar-refractivity contribution in [1.82, 2.24) is 0 Å². The molecule has 0 bridgehead atoms. The molecule has 0 saturated carbocycles. The summed E-state index contributed by atoms with van der Waals surface area (Å²) < 4.78 is 32.6. The number of hydrogen-bond donors (Lipinski definition) is 1. The summed E-state index contributed by atoms with van der Waals surface area (Å²) in [4.78, 5) is 12.2. The average molecular weight is 298 g/mol. The van der Waals surface area contributed by atoms with Crippen molar-refractivity contribution in [3.63, 3.8) is 0 Å². The van der Waals surface area contributed by atoms with Crippen LogP contribution in [0.15, 0.2) is 30.3 Å². The molecule has 0 aliphatic carbocycles. The molecule has 1 N–H and O–H groups in total. The Kier molecular flexibility index (Phi) is 6.36. The minimum Gasteiger partial charge on any atom is -0.294 e. The summed E-state index contributed by atoms with van der Waals surface area (Å²) in [6.45, 7) is 3.84. The van der Waals surface area contributed by atoms with Crippen LogP contribution in [0.2, 0.25) is 0 Å². The predicted molar refractivity (Wildman–Crippen MR) is 79.4 cm³/mol. The first-order valence-corrected chi connectivity index (χ1v) is 8.45. The topological polar surface area (TPSA) is 71.4 Å². The van der Waals surface area contributed by atoms with E-state index in [-0.39, 0.29) is 18.1 Å². The largest absolute Gasteiger partial charge is 0.294 e. The molecule has 1 rings (SSSR count). The van der Waals surface area contributed by atoms with E-state index in [9.17, 15) is 17.8 Å². The molecule has 0 radical (unpaired) electrons. The summed E-state index contributed by atoms with van der Waals surface area (Å²) in [6.07, 6.45) is 1.97. The van der Waals surface area contributed by atoms with Crippen molar-refractivity contribution in [2.24, 2.45) is 5.92 Å². The molecule has 4 nitrogen and oxygen atoms in total. The minimum atomic E-state index is -4.22. The van der Waals surface area contributed by atoms with Gasteiger partial charge in [0.2, 0.25) is 0 Å². The molecule has 5 heteroatoms. The Labute approximate surface area is 121 Å². The highest BCUT2D eigenvalue weighted by Crippen LogP contribution is 2.25. The molecular formula is C15H22O4S. The van der Waals surface area contributed by atoms with Crippen LogP contribution in [0.4, 0.5) is 0 Å². The van der Waals surface area contributed by atoms with Crippen molar-refractivity contribution in [1.29, 1.82) is 0 Å². The van der Waals surface area contributed by atoms with Crippen molar-refractivity contribution in [3.05, 3.63) is 35.9 Å². The molecule has 20 heavy (non-hydrogen) atoms. The van der Waals surface area contributed by atoms with Crippen LogP contribution in [-0.2, 0) is 10.1 Å². The first kappa shape index (κ1) is 16.9. The van der Waals surface area contributed by atoms with Crippen molar-refractivity contribution in [3.8, 4) is 0 Å². The lowest BCUT2D eigenvalue weighted by atomic mass is 9.92. The molecule has 1 aromatic carbocycles. The van der Waals surface area contributed by atoms with E-state index >= 15 is 0 Å². The third kappa shape index (κ3) is 4.72. The average Bonchev–Trinajstić information content (AvgIpc) is 2.42. The molecule has 0 amide bonds. The van der Waals surface area contributed by atoms with Gasteiger partial charge >= 0.3 is 0 Å². The highest BCUT2D eigenvalue weighted by atomic mass is 32.2. The van der Waals surface area contributed by atoms with Gasteiger partial charge < -0.3 is 0 Å². The summed E-state index contributed by atoms with van der Waals surface area (Å²) in [6, 6.07) is 8.58. The van der Waals surface area contributed by atoms with Crippen molar-refractivity contribution >= 4 is 15.9 Å². The molecule has 0 aliphatic heterocycles. The van der Waals surface area contributed by atoms with E-state index in [1.165, 1.54) is 0 Å². The summed E-state index contributed by atoms with van der Waals surface area (Å²) in [5.41, 5.74) is 0.479. The fraction of sp³-hybridized carbons (Fsp3) is 0.533. The molecule has 0 saturated heterocycles. The van der Waals surface area contributed by atoms with Gasteiger partial charge in [-0.05, 0) is 12.3 Å². The van der Waals surface area contributed by atoms with Crippen LogP contribution in [0.3, 0.4) is 0 Å². The number of carbonyl (C=O) groups excluding carboxylic acids is 1. The van der Waals surface area contributed by atoms with Gasteiger partial charge in [0.15, 0.2) is 5.78 Å². The van der Waals surface area contributed by atoms with E-state index in [1.807, 2.05) is 13.8 Å². The fourth-order valence-corrected chi connectivity index (χ4v) is 3.64. The Morgan fingerprint density at radius 3 is 2.25 bits per heavy atom. The lowest BCUT2D eigenvalue weighted by molar-refractivity contribution is 0.0972. The van der Waals surface area contributed by atoms with Gasteiger partial charge in [-0.15, -0.1) is 0 Å². The van der Waals surface area contributed by atoms with Crippen molar-refractivity contribution in [2.45, 2.75) is 44.8 Å². The fourth-order valence-electron chi connectivity index (χ4n) is 2.46. The number of rotatable bonds is 8. The Hall–Kier alpha value is -1.20. The Bertz CT molecular complexity index is 522. The molecule has 2 atom stereocenters. The van der Waals surface area contributed by atoms with E-state index in [4.69, 9.17) is 0 Å². The van der Waals surface area contributed by atoms with Gasteiger partial charge in [-0.2, -0.15) is 8.42 Å². The second-order valence-electron chi connectivity index (χ2n) is 5.00. The second-order valence-corrected chi connectivity index (χ2v) is 6.64. The molecule has 1 aromatic rings. The third-order valence-corrected chi connectivity index (χ3v) is 4.89. The summed E-state index contributed by atoms with van der Waals surface area (Å²) in [7, 11) is -4.22. The number of hydrogen-bond acceptors (Lipinski definition) is 3. The lowest BCUT2D eigenvalue weighted by Crippen LogP contribution is -2.31. The standard InChI is InChI=1S/C15H22O4S/c1-3-8-12(4-2)15(20(17,18)19)11-14(16)13-9-6-5-7-10-13/h5-7,9-10,12,15H,3-4,8,11H2,1-2H3,(H,17,18,19). The monoisotopic (exact) mass is 298 g/mol. The van der Waals surface area contributed by atoms with Gasteiger partial charge in [0.1, 0.15) is 0 Å². The first-order valence-electron chi connectivity index (χ1n) is 6.94. The Morgan fingerprint density at radius 1 is 1.20 bits per heavy atom. The number of carbonyl (C=O) groups is 1. The normalized spacial score (nSPS) is 14.8. The van der Waals surface area contributed by atoms with E-state index in [1.54, 1.807) is 30.3 Å². The molecule has 0 fully saturated rings. The molecule has 0 aromatic heterocycles. The summed E-state index contributed by atoms with van der Waals surface area (Å²) in [5.74, 6) is -0.439. The summed E-state index contributed by atoms with van der Waals surface area (Å²) in [5, 5.41) is -1.01. The van der Waals surface area contributed by atoms with Crippen LogP contribution in [0, 0.1) is 5.92 Å². The van der Waals surface area contributed by atoms with E-state index in [2.05, 4.69) is 0 Å².